The molecule has 4 amide bonds. The molecule has 2 aromatic carbocycles. The van der Waals surface area contributed by atoms with Gasteiger partial charge in [-0.2, -0.15) is 0 Å². The van der Waals surface area contributed by atoms with Crippen LogP contribution in [0.25, 0.3) is 0 Å². The molecule has 0 aliphatic carbocycles. The zero-order valence-corrected chi connectivity index (χ0v) is 15.7. The maximum atomic E-state index is 13.4. The van der Waals surface area contributed by atoms with Gasteiger partial charge in [0.25, 0.3) is 5.91 Å². The standard InChI is InChI=1S/C20H20FN3O4/c1-12-4-7-14(21)10-16(12)22-17(25)11-24-18(26)20(2,23-19(24)27)13-5-8-15(28-3)9-6-13/h4-10H,11H2,1-3H3,(H,22,25)(H,23,27). The molecule has 8 heteroatoms. The molecule has 1 aliphatic rings. The van der Waals surface area contributed by atoms with Gasteiger partial charge in [-0.15, -0.1) is 0 Å². The average Bonchev–Trinajstić information content (AvgIpc) is 2.89. The number of nitrogens with zero attached hydrogens (tertiary/aromatic N) is 1. The van der Waals surface area contributed by atoms with Crippen LogP contribution in [0.4, 0.5) is 14.9 Å². The van der Waals surface area contributed by atoms with Gasteiger partial charge in [0.05, 0.1) is 7.11 Å². The summed E-state index contributed by atoms with van der Waals surface area (Å²) in [5, 5.41) is 5.16. The zero-order chi connectivity index (χ0) is 20.5. The third kappa shape index (κ3) is 3.53. The number of imide groups is 1. The lowest BCUT2D eigenvalue weighted by molar-refractivity contribution is -0.133. The van der Waals surface area contributed by atoms with Gasteiger partial charge in [-0.25, -0.2) is 9.18 Å². The van der Waals surface area contributed by atoms with E-state index in [0.717, 1.165) is 4.90 Å². The van der Waals surface area contributed by atoms with Crippen LogP contribution in [0.3, 0.4) is 0 Å². The van der Waals surface area contributed by atoms with Crippen molar-refractivity contribution in [1.82, 2.24) is 10.2 Å². The number of hydrogen-bond donors (Lipinski definition) is 2. The summed E-state index contributed by atoms with van der Waals surface area (Å²) in [7, 11) is 1.53. The molecule has 28 heavy (non-hydrogen) atoms. The van der Waals surface area contributed by atoms with Crippen molar-refractivity contribution in [2.24, 2.45) is 0 Å². The fraction of sp³-hybridized carbons (Fsp3) is 0.250. The number of carbonyl (C=O) groups excluding carboxylic acids is 3. The predicted molar refractivity (Wildman–Crippen MR) is 100 cm³/mol. The van der Waals surface area contributed by atoms with Crippen LogP contribution in [0, 0.1) is 12.7 Å². The van der Waals surface area contributed by atoms with E-state index in [9.17, 15) is 18.8 Å². The molecule has 7 nitrogen and oxygen atoms in total. The van der Waals surface area contributed by atoms with E-state index in [1.807, 2.05) is 0 Å². The third-order valence-electron chi connectivity index (χ3n) is 4.72. The number of ether oxygens (including phenoxy) is 1. The fourth-order valence-electron chi connectivity index (χ4n) is 3.02. The SMILES string of the molecule is COc1ccc(C2(C)NC(=O)N(CC(=O)Nc3cc(F)ccc3C)C2=O)cc1. The Bertz CT molecular complexity index is 945. The highest BCUT2D eigenvalue weighted by molar-refractivity contribution is 6.10. The van der Waals surface area contributed by atoms with Gasteiger partial charge in [0, 0.05) is 5.69 Å². The first-order chi connectivity index (χ1) is 13.2. The van der Waals surface area contributed by atoms with Gasteiger partial charge < -0.3 is 15.4 Å². The monoisotopic (exact) mass is 385 g/mol. The summed E-state index contributed by atoms with van der Waals surface area (Å²) < 4.78 is 18.5. The number of nitrogens with one attached hydrogen (secondary N) is 2. The summed E-state index contributed by atoms with van der Waals surface area (Å²) in [6.07, 6.45) is 0. The molecule has 0 radical (unpaired) electrons. The van der Waals surface area contributed by atoms with Crippen LogP contribution in [-0.2, 0) is 15.1 Å². The highest BCUT2D eigenvalue weighted by Gasteiger charge is 2.49. The summed E-state index contributed by atoms with van der Waals surface area (Å²) in [6, 6.07) is 10.0. The molecule has 1 atom stereocenters. The quantitative estimate of drug-likeness (QED) is 0.775. The molecule has 0 aromatic heterocycles. The first-order valence-corrected chi connectivity index (χ1v) is 8.59. The molecule has 146 valence electrons. The first-order valence-electron chi connectivity index (χ1n) is 8.59. The molecule has 2 N–H and O–H groups in total. The summed E-state index contributed by atoms with van der Waals surface area (Å²) in [5.74, 6) is -1.03. The van der Waals surface area contributed by atoms with E-state index in [1.165, 1.54) is 25.3 Å². The first kappa shape index (κ1) is 19.3. The molecule has 1 fully saturated rings. The number of urea groups is 1. The van der Waals surface area contributed by atoms with Crippen molar-refractivity contribution >= 4 is 23.5 Å². The number of aryl methyl sites for hydroxylation is 1. The minimum absolute atomic E-state index is 0.287. The Labute approximate surface area is 161 Å². The Morgan fingerprint density at radius 1 is 1.21 bits per heavy atom. The second-order valence-electron chi connectivity index (χ2n) is 6.68. The molecule has 2 aromatic rings. The number of methoxy groups -OCH3 is 1. The lowest BCUT2D eigenvalue weighted by Gasteiger charge is -2.22. The number of carbonyl (C=O) groups is 3. The second kappa shape index (κ2) is 7.30. The summed E-state index contributed by atoms with van der Waals surface area (Å²) in [6.45, 7) is 2.81. The van der Waals surface area contributed by atoms with E-state index < -0.39 is 35.7 Å². The van der Waals surface area contributed by atoms with Gasteiger partial charge in [-0.3, -0.25) is 14.5 Å². The lowest BCUT2D eigenvalue weighted by Crippen LogP contribution is -2.42. The maximum Gasteiger partial charge on any atom is 0.325 e. The van der Waals surface area contributed by atoms with Crippen molar-refractivity contribution in [2.45, 2.75) is 19.4 Å². The van der Waals surface area contributed by atoms with Crippen LogP contribution < -0.4 is 15.4 Å². The molecular weight excluding hydrogens is 365 g/mol. The van der Waals surface area contributed by atoms with Crippen molar-refractivity contribution < 1.29 is 23.5 Å². The molecular formula is C20H20FN3O4. The van der Waals surface area contributed by atoms with Crippen molar-refractivity contribution in [2.75, 3.05) is 19.0 Å². The fourth-order valence-corrected chi connectivity index (χ4v) is 3.02. The number of hydrogen-bond acceptors (Lipinski definition) is 4. The van der Waals surface area contributed by atoms with Crippen LogP contribution in [0.5, 0.6) is 5.75 Å². The van der Waals surface area contributed by atoms with Gasteiger partial charge in [-0.05, 0) is 49.2 Å². The number of halogens is 1. The van der Waals surface area contributed by atoms with Gasteiger partial charge in [0.2, 0.25) is 5.91 Å². The van der Waals surface area contributed by atoms with Crippen molar-refractivity contribution in [1.29, 1.82) is 0 Å². The summed E-state index contributed by atoms with van der Waals surface area (Å²) >= 11 is 0. The molecule has 0 saturated carbocycles. The van der Waals surface area contributed by atoms with E-state index in [2.05, 4.69) is 10.6 Å². The van der Waals surface area contributed by atoms with Crippen LogP contribution >= 0.6 is 0 Å². The van der Waals surface area contributed by atoms with Crippen LogP contribution in [-0.4, -0.2) is 36.4 Å². The summed E-state index contributed by atoms with van der Waals surface area (Å²) in [5.41, 5.74) is 0.221. The second-order valence-corrected chi connectivity index (χ2v) is 6.68. The van der Waals surface area contributed by atoms with Crippen molar-refractivity contribution in [3.63, 3.8) is 0 Å². The number of benzene rings is 2. The molecule has 1 saturated heterocycles. The van der Waals surface area contributed by atoms with Crippen molar-refractivity contribution in [3.8, 4) is 5.75 Å². The minimum Gasteiger partial charge on any atom is -0.497 e. The lowest BCUT2D eigenvalue weighted by atomic mass is 9.92. The van der Waals surface area contributed by atoms with Crippen LogP contribution in [0.15, 0.2) is 42.5 Å². The smallest absolute Gasteiger partial charge is 0.325 e. The third-order valence-corrected chi connectivity index (χ3v) is 4.72. The molecule has 1 heterocycles. The number of amides is 4. The van der Waals surface area contributed by atoms with Crippen LogP contribution in [0.1, 0.15) is 18.1 Å². The Morgan fingerprint density at radius 3 is 2.54 bits per heavy atom. The predicted octanol–water partition coefficient (Wildman–Crippen LogP) is 2.55. The van der Waals surface area contributed by atoms with E-state index in [1.54, 1.807) is 38.1 Å². The van der Waals surface area contributed by atoms with Gasteiger partial charge >= 0.3 is 6.03 Å². The Morgan fingerprint density at radius 2 is 1.89 bits per heavy atom. The normalized spacial score (nSPS) is 18.8. The molecule has 0 bridgehead atoms. The van der Waals surface area contributed by atoms with Gasteiger partial charge in [0.15, 0.2) is 0 Å². The highest BCUT2D eigenvalue weighted by atomic mass is 19.1. The van der Waals surface area contributed by atoms with Gasteiger partial charge in [-0.1, -0.05) is 18.2 Å². The van der Waals surface area contributed by atoms with E-state index in [-0.39, 0.29) is 5.69 Å². The maximum absolute atomic E-state index is 13.4. The van der Waals surface area contributed by atoms with Crippen LogP contribution in [0.2, 0.25) is 0 Å². The van der Waals surface area contributed by atoms with E-state index >= 15 is 0 Å². The minimum atomic E-state index is -1.29. The molecule has 1 unspecified atom stereocenters. The van der Waals surface area contributed by atoms with E-state index in [4.69, 9.17) is 4.74 Å². The average molecular weight is 385 g/mol. The number of anilines is 1. The Kier molecular flexibility index (Phi) is 5.04. The summed E-state index contributed by atoms with van der Waals surface area (Å²) in [4.78, 5) is 38.4. The molecule has 3 rings (SSSR count). The number of rotatable bonds is 5. The van der Waals surface area contributed by atoms with Gasteiger partial charge in [0.1, 0.15) is 23.7 Å². The van der Waals surface area contributed by atoms with Crippen molar-refractivity contribution in [3.05, 3.63) is 59.4 Å². The highest BCUT2D eigenvalue weighted by Crippen LogP contribution is 2.30. The topological polar surface area (TPSA) is 87.7 Å². The van der Waals surface area contributed by atoms with E-state index in [0.29, 0.717) is 16.9 Å². The Hall–Kier alpha value is -3.42. The zero-order valence-electron chi connectivity index (χ0n) is 15.7. The molecule has 0 spiro atoms. The molecule has 1 aliphatic heterocycles. The largest absolute Gasteiger partial charge is 0.497 e. The Balaban J connectivity index is 1.75.